The predicted octanol–water partition coefficient (Wildman–Crippen LogP) is 1.73. The lowest BCUT2D eigenvalue weighted by atomic mass is 10.3. The summed E-state index contributed by atoms with van der Waals surface area (Å²) in [5, 5.41) is 12.1. The van der Waals surface area contributed by atoms with Crippen molar-refractivity contribution in [1.29, 1.82) is 0 Å². The predicted molar refractivity (Wildman–Crippen MR) is 81.1 cm³/mol. The quantitative estimate of drug-likeness (QED) is 0.782. The topological polar surface area (TPSA) is 69.6 Å². The van der Waals surface area contributed by atoms with E-state index in [2.05, 4.69) is 5.32 Å². The van der Waals surface area contributed by atoms with Gasteiger partial charge in [-0.05, 0) is 13.8 Å². The maximum Gasteiger partial charge on any atom is 0.317 e. The zero-order valence-electron chi connectivity index (χ0n) is 11.4. The van der Waals surface area contributed by atoms with E-state index in [0.717, 1.165) is 11.5 Å². The number of carboxylic acids is 1. The van der Waals surface area contributed by atoms with Crippen LogP contribution in [-0.4, -0.2) is 63.6 Å². The highest BCUT2D eigenvalue weighted by atomic mass is 32.2. The van der Waals surface area contributed by atoms with Crippen LogP contribution in [0.3, 0.4) is 0 Å². The molecule has 1 heterocycles. The Morgan fingerprint density at radius 2 is 2.16 bits per heavy atom. The first-order valence-corrected chi connectivity index (χ1v) is 8.66. The minimum atomic E-state index is -0.877. The number of carbonyl (C=O) groups excluding carboxylic acids is 1. The van der Waals surface area contributed by atoms with E-state index in [4.69, 9.17) is 5.11 Å². The number of nitrogens with zero attached hydrogens (tertiary/aromatic N) is 1. The molecule has 0 spiro atoms. The van der Waals surface area contributed by atoms with Crippen molar-refractivity contribution in [2.75, 3.05) is 30.3 Å². The minimum absolute atomic E-state index is 0.00716. The molecule has 1 rings (SSSR count). The van der Waals surface area contributed by atoms with Gasteiger partial charge >= 0.3 is 12.0 Å². The van der Waals surface area contributed by atoms with Gasteiger partial charge in [0.05, 0.1) is 6.42 Å². The second kappa shape index (κ2) is 8.58. The lowest BCUT2D eigenvalue weighted by Crippen LogP contribution is -2.47. The van der Waals surface area contributed by atoms with Crippen LogP contribution < -0.4 is 5.32 Å². The van der Waals surface area contributed by atoms with Gasteiger partial charge in [0.15, 0.2) is 0 Å². The Labute approximate surface area is 122 Å². The van der Waals surface area contributed by atoms with Crippen LogP contribution in [0.5, 0.6) is 0 Å². The Bertz CT molecular complexity index is 307. The molecule has 1 saturated heterocycles. The van der Waals surface area contributed by atoms with E-state index < -0.39 is 5.97 Å². The number of hydrogen-bond acceptors (Lipinski definition) is 4. The molecule has 0 aromatic heterocycles. The maximum atomic E-state index is 12.0. The average Bonchev–Trinajstić information content (AvgIpc) is 2.37. The summed E-state index contributed by atoms with van der Waals surface area (Å²) in [6, 6.07) is -0.153. The molecule has 1 aliphatic heterocycles. The summed E-state index contributed by atoms with van der Waals surface area (Å²) in [6.07, 6.45) is -0.0143. The molecule has 0 aromatic rings. The number of carboxylic acid groups (broad SMARTS) is 1. The van der Waals surface area contributed by atoms with Gasteiger partial charge in [-0.25, -0.2) is 4.79 Å². The molecule has 1 aliphatic rings. The highest BCUT2D eigenvalue weighted by Crippen LogP contribution is 2.23. The van der Waals surface area contributed by atoms with Gasteiger partial charge in [0, 0.05) is 41.6 Å². The lowest BCUT2D eigenvalue weighted by molar-refractivity contribution is -0.137. The number of thioether (sulfide) groups is 2. The Balaban J connectivity index is 2.36. The smallest absolute Gasteiger partial charge is 0.317 e. The molecule has 7 heteroatoms. The van der Waals surface area contributed by atoms with Crippen molar-refractivity contribution in [3.05, 3.63) is 0 Å². The Hall–Kier alpha value is -0.560. The van der Waals surface area contributed by atoms with Crippen molar-refractivity contribution in [3.63, 3.8) is 0 Å². The zero-order valence-corrected chi connectivity index (χ0v) is 13.1. The van der Waals surface area contributed by atoms with Gasteiger partial charge in [-0.15, -0.1) is 0 Å². The van der Waals surface area contributed by atoms with Crippen molar-refractivity contribution >= 4 is 35.5 Å². The van der Waals surface area contributed by atoms with Crippen LogP contribution in [-0.2, 0) is 4.79 Å². The number of hydrogen-bond donors (Lipinski definition) is 2. The SMILES string of the molecule is CC(C)N(CCC(=O)O)C(=O)NCC1CSCCS1. The number of urea groups is 1. The molecular weight excluding hydrogens is 284 g/mol. The van der Waals surface area contributed by atoms with Gasteiger partial charge in [0.2, 0.25) is 0 Å². The Morgan fingerprint density at radius 3 is 2.68 bits per heavy atom. The number of carbonyl (C=O) groups is 2. The molecular formula is C12H22N2O3S2. The van der Waals surface area contributed by atoms with Crippen LogP contribution in [0, 0.1) is 0 Å². The summed E-state index contributed by atoms with van der Waals surface area (Å²) < 4.78 is 0. The van der Waals surface area contributed by atoms with Crippen molar-refractivity contribution in [2.24, 2.45) is 0 Å². The fourth-order valence-electron chi connectivity index (χ4n) is 1.77. The monoisotopic (exact) mass is 306 g/mol. The molecule has 0 radical (unpaired) electrons. The Morgan fingerprint density at radius 1 is 1.42 bits per heavy atom. The molecule has 1 fully saturated rings. The maximum absolute atomic E-state index is 12.0. The molecule has 1 unspecified atom stereocenters. The van der Waals surface area contributed by atoms with Crippen LogP contribution >= 0.6 is 23.5 Å². The van der Waals surface area contributed by atoms with Gasteiger partial charge in [0.1, 0.15) is 0 Å². The number of rotatable bonds is 6. The lowest BCUT2D eigenvalue weighted by Gasteiger charge is -2.28. The fourth-order valence-corrected chi connectivity index (χ4v) is 4.38. The van der Waals surface area contributed by atoms with Gasteiger partial charge < -0.3 is 15.3 Å². The Kier molecular flexibility index (Phi) is 7.45. The molecule has 0 aromatic carbocycles. The van der Waals surface area contributed by atoms with Gasteiger partial charge in [-0.2, -0.15) is 23.5 Å². The molecule has 1 atom stereocenters. The van der Waals surface area contributed by atoms with Crippen LogP contribution in [0.1, 0.15) is 20.3 Å². The van der Waals surface area contributed by atoms with E-state index in [1.165, 1.54) is 5.75 Å². The number of nitrogens with one attached hydrogen (secondary N) is 1. The third-order valence-corrected chi connectivity index (χ3v) is 5.66. The second-order valence-electron chi connectivity index (χ2n) is 4.68. The highest BCUT2D eigenvalue weighted by molar-refractivity contribution is 8.06. The summed E-state index contributed by atoms with van der Waals surface area (Å²) in [7, 11) is 0. The van der Waals surface area contributed by atoms with E-state index in [1.54, 1.807) is 4.90 Å². The van der Waals surface area contributed by atoms with Crippen molar-refractivity contribution < 1.29 is 14.7 Å². The first-order chi connectivity index (χ1) is 9.00. The largest absolute Gasteiger partial charge is 0.481 e. The molecule has 0 aliphatic carbocycles. The molecule has 0 saturated carbocycles. The molecule has 19 heavy (non-hydrogen) atoms. The van der Waals surface area contributed by atoms with E-state index in [-0.39, 0.29) is 25.0 Å². The third-order valence-electron chi connectivity index (χ3n) is 2.82. The fraction of sp³-hybridized carbons (Fsp3) is 0.833. The first kappa shape index (κ1) is 16.5. The molecule has 5 nitrogen and oxygen atoms in total. The van der Waals surface area contributed by atoms with E-state index in [0.29, 0.717) is 11.8 Å². The van der Waals surface area contributed by atoms with E-state index in [1.807, 2.05) is 37.4 Å². The molecule has 110 valence electrons. The third kappa shape index (κ3) is 6.42. The molecule has 2 N–H and O–H groups in total. The normalized spacial score (nSPS) is 19.2. The van der Waals surface area contributed by atoms with E-state index >= 15 is 0 Å². The van der Waals surface area contributed by atoms with Crippen LogP contribution in [0.25, 0.3) is 0 Å². The first-order valence-electron chi connectivity index (χ1n) is 6.46. The average molecular weight is 306 g/mol. The summed E-state index contributed by atoms with van der Waals surface area (Å²) in [5.74, 6) is 2.52. The van der Waals surface area contributed by atoms with Crippen LogP contribution in [0.15, 0.2) is 0 Å². The standard InChI is InChI=1S/C12H22N2O3S2/c1-9(2)14(4-3-11(15)16)12(17)13-7-10-8-18-5-6-19-10/h9-10H,3-8H2,1-2H3,(H,13,17)(H,15,16). The second-order valence-corrected chi connectivity index (χ2v) is 7.24. The van der Waals surface area contributed by atoms with E-state index in [9.17, 15) is 9.59 Å². The minimum Gasteiger partial charge on any atom is -0.481 e. The summed E-state index contributed by atoms with van der Waals surface area (Å²) >= 11 is 3.82. The number of amides is 2. The summed E-state index contributed by atoms with van der Waals surface area (Å²) in [6.45, 7) is 4.71. The summed E-state index contributed by atoms with van der Waals surface area (Å²) in [4.78, 5) is 24.2. The van der Waals surface area contributed by atoms with Gasteiger partial charge in [-0.3, -0.25) is 4.79 Å². The zero-order chi connectivity index (χ0) is 14.3. The van der Waals surface area contributed by atoms with Crippen molar-refractivity contribution in [3.8, 4) is 0 Å². The number of aliphatic carboxylic acids is 1. The summed E-state index contributed by atoms with van der Waals surface area (Å²) in [5.41, 5.74) is 0. The van der Waals surface area contributed by atoms with Crippen LogP contribution in [0.4, 0.5) is 4.79 Å². The van der Waals surface area contributed by atoms with Gasteiger partial charge in [-0.1, -0.05) is 0 Å². The van der Waals surface area contributed by atoms with Gasteiger partial charge in [0.25, 0.3) is 0 Å². The highest BCUT2D eigenvalue weighted by Gasteiger charge is 2.20. The van der Waals surface area contributed by atoms with Crippen LogP contribution in [0.2, 0.25) is 0 Å². The van der Waals surface area contributed by atoms with Crippen molar-refractivity contribution in [1.82, 2.24) is 10.2 Å². The molecule has 2 amide bonds. The van der Waals surface area contributed by atoms with Crippen molar-refractivity contribution in [2.45, 2.75) is 31.6 Å². The molecule has 0 bridgehead atoms.